The molecule has 1 aromatic rings. The summed E-state index contributed by atoms with van der Waals surface area (Å²) in [6.07, 6.45) is 8.86. The molecule has 0 N–H and O–H groups in total. The van der Waals surface area contributed by atoms with Gasteiger partial charge in [-0.25, -0.2) is 0 Å². The number of terminal acetylenes is 1. The fraction of sp³-hybridized carbons (Fsp3) is 0.364. The summed E-state index contributed by atoms with van der Waals surface area (Å²) in [5.74, 6) is 2.65. The van der Waals surface area contributed by atoms with E-state index in [1.165, 1.54) is 5.56 Å². The standard InChI is InChI=1S/C11H14N2/c1-3-9-13(4-2)10-11-5-7-12-8-6-11/h1,5-8H,4,9-10H2,2H3. The van der Waals surface area contributed by atoms with E-state index in [-0.39, 0.29) is 0 Å². The molecule has 0 bridgehead atoms. The van der Waals surface area contributed by atoms with Crippen molar-refractivity contribution in [2.24, 2.45) is 0 Å². The molecule has 13 heavy (non-hydrogen) atoms. The fourth-order valence-electron chi connectivity index (χ4n) is 1.16. The highest BCUT2D eigenvalue weighted by Crippen LogP contribution is 2.01. The fourth-order valence-corrected chi connectivity index (χ4v) is 1.16. The molecule has 0 unspecified atom stereocenters. The summed E-state index contributed by atoms with van der Waals surface area (Å²) >= 11 is 0. The van der Waals surface area contributed by atoms with Gasteiger partial charge in [0.15, 0.2) is 0 Å². The summed E-state index contributed by atoms with van der Waals surface area (Å²) < 4.78 is 0. The van der Waals surface area contributed by atoms with Gasteiger partial charge in [-0.15, -0.1) is 6.42 Å². The molecule has 1 rings (SSSR count). The lowest BCUT2D eigenvalue weighted by atomic mass is 10.2. The van der Waals surface area contributed by atoms with Crippen molar-refractivity contribution in [1.82, 2.24) is 9.88 Å². The Bertz CT molecular complexity index is 274. The predicted octanol–water partition coefficient (Wildman–Crippen LogP) is 1.54. The van der Waals surface area contributed by atoms with E-state index in [0.717, 1.165) is 13.1 Å². The molecule has 0 aliphatic heterocycles. The molecule has 0 aliphatic carbocycles. The summed E-state index contributed by atoms with van der Waals surface area (Å²) in [5.41, 5.74) is 1.26. The van der Waals surface area contributed by atoms with Crippen molar-refractivity contribution in [2.75, 3.05) is 13.1 Å². The van der Waals surface area contributed by atoms with E-state index in [1.807, 2.05) is 12.1 Å². The molecule has 2 heteroatoms. The zero-order chi connectivity index (χ0) is 9.52. The Hall–Kier alpha value is -1.33. The Morgan fingerprint density at radius 3 is 2.69 bits per heavy atom. The molecule has 0 radical (unpaired) electrons. The van der Waals surface area contributed by atoms with E-state index in [0.29, 0.717) is 6.54 Å². The van der Waals surface area contributed by atoms with Crippen LogP contribution in [-0.4, -0.2) is 23.0 Å². The van der Waals surface area contributed by atoms with Gasteiger partial charge in [0.25, 0.3) is 0 Å². The van der Waals surface area contributed by atoms with Crippen molar-refractivity contribution in [3.05, 3.63) is 30.1 Å². The maximum absolute atomic E-state index is 5.25. The minimum absolute atomic E-state index is 0.707. The quantitative estimate of drug-likeness (QED) is 0.644. The second kappa shape index (κ2) is 5.34. The van der Waals surface area contributed by atoms with Crippen LogP contribution in [0.2, 0.25) is 0 Å². The number of rotatable bonds is 4. The second-order valence-corrected chi connectivity index (χ2v) is 2.86. The first-order valence-corrected chi connectivity index (χ1v) is 4.41. The first-order chi connectivity index (χ1) is 6.36. The molecule has 0 fully saturated rings. The first-order valence-electron chi connectivity index (χ1n) is 4.41. The van der Waals surface area contributed by atoms with E-state index < -0.39 is 0 Å². The third kappa shape index (κ3) is 3.27. The van der Waals surface area contributed by atoms with Crippen LogP contribution in [0, 0.1) is 12.3 Å². The minimum Gasteiger partial charge on any atom is -0.288 e. The topological polar surface area (TPSA) is 16.1 Å². The molecule has 0 saturated carbocycles. The average Bonchev–Trinajstić information content (AvgIpc) is 2.19. The molecule has 68 valence electrons. The Morgan fingerprint density at radius 2 is 2.15 bits per heavy atom. The van der Waals surface area contributed by atoms with Gasteiger partial charge < -0.3 is 0 Å². The molecular weight excluding hydrogens is 160 g/mol. The van der Waals surface area contributed by atoms with Gasteiger partial charge in [0.1, 0.15) is 0 Å². The van der Waals surface area contributed by atoms with Crippen molar-refractivity contribution in [3.8, 4) is 12.3 Å². The zero-order valence-electron chi connectivity index (χ0n) is 7.90. The van der Waals surface area contributed by atoms with E-state index >= 15 is 0 Å². The summed E-state index contributed by atoms with van der Waals surface area (Å²) in [6, 6.07) is 4.03. The molecular formula is C11H14N2. The highest BCUT2D eigenvalue weighted by Gasteiger charge is 2.00. The zero-order valence-corrected chi connectivity index (χ0v) is 7.90. The van der Waals surface area contributed by atoms with Crippen LogP contribution in [0.25, 0.3) is 0 Å². The van der Waals surface area contributed by atoms with Gasteiger partial charge in [0.05, 0.1) is 6.54 Å². The number of aromatic nitrogens is 1. The second-order valence-electron chi connectivity index (χ2n) is 2.86. The SMILES string of the molecule is C#CCN(CC)Cc1ccncc1. The lowest BCUT2D eigenvalue weighted by Gasteiger charge is -2.16. The average molecular weight is 174 g/mol. The highest BCUT2D eigenvalue weighted by atomic mass is 15.1. The van der Waals surface area contributed by atoms with E-state index in [1.54, 1.807) is 12.4 Å². The number of pyridine rings is 1. The van der Waals surface area contributed by atoms with Crippen LogP contribution in [0.4, 0.5) is 0 Å². The third-order valence-corrected chi connectivity index (χ3v) is 1.92. The highest BCUT2D eigenvalue weighted by molar-refractivity contribution is 5.09. The van der Waals surface area contributed by atoms with Gasteiger partial charge in [-0.05, 0) is 24.2 Å². The van der Waals surface area contributed by atoms with Gasteiger partial charge in [0, 0.05) is 18.9 Å². The van der Waals surface area contributed by atoms with Crippen molar-refractivity contribution in [3.63, 3.8) is 0 Å². The van der Waals surface area contributed by atoms with Crippen LogP contribution in [0.15, 0.2) is 24.5 Å². The van der Waals surface area contributed by atoms with Crippen LogP contribution in [0.5, 0.6) is 0 Å². The molecule has 0 aromatic carbocycles. The Labute approximate surface area is 79.6 Å². The molecule has 2 nitrogen and oxygen atoms in total. The first kappa shape index (κ1) is 9.76. The summed E-state index contributed by atoms with van der Waals surface area (Å²) in [6.45, 7) is 4.70. The summed E-state index contributed by atoms with van der Waals surface area (Å²) in [4.78, 5) is 6.17. The normalized spacial score (nSPS) is 9.92. The lowest BCUT2D eigenvalue weighted by molar-refractivity contribution is 0.316. The monoisotopic (exact) mass is 174 g/mol. The van der Waals surface area contributed by atoms with Gasteiger partial charge in [0.2, 0.25) is 0 Å². The Morgan fingerprint density at radius 1 is 1.46 bits per heavy atom. The van der Waals surface area contributed by atoms with Crippen LogP contribution >= 0.6 is 0 Å². The number of hydrogen-bond acceptors (Lipinski definition) is 2. The van der Waals surface area contributed by atoms with Gasteiger partial charge in [-0.1, -0.05) is 12.8 Å². The smallest absolute Gasteiger partial charge is 0.0601 e. The van der Waals surface area contributed by atoms with E-state index in [9.17, 15) is 0 Å². The van der Waals surface area contributed by atoms with Gasteiger partial charge in [-0.3, -0.25) is 9.88 Å². The molecule has 1 heterocycles. The Balaban J connectivity index is 2.53. The maximum Gasteiger partial charge on any atom is 0.0601 e. The van der Waals surface area contributed by atoms with Gasteiger partial charge in [-0.2, -0.15) is 0 Å². The number of nitrogens with zero attached hydrogens (tertiary/aromatic N) is 2. The summed E-state index contributed by atoms with van der Waals surface area (Å²) in [7, 11) is 0. The van der Waals surface area contributed by atoms with Crippen molar-refractivity contribution in [1.29, 1.82) is 0 Å². The molecule has 0 aliphatic rings. The number of hydrogen-bond donors (Lipinski definition) is 0. The molecule has 0 amide bonds. The van der Waals surface area contributed by atoms with Crippen molar-refractivity contribution >= 4 is 0 Å². The van der Waals surface area contributed by atoms with Crippen LogP contribution in [-0.2, 0) is 6.54 Å². The summed E-state index contributed by atoms with van der Waals surface area (Å²) in [5, 5.41) is 0. The maximum atomic E-state index is 5.25. The molecule has 1 aromatic heterocycles. The molecule has 0 saturated heterocycles. The van der Waals surface area contributed by atoms with Crippen LogP contribution in [0.3, 0.4) is 0 Å². The van der Waals surface area contributed by atoms with Gasteiger partial charge >= 0.3 is 0 Å². The predicted molar refractivity (Wildman–Crippen MR) is 54.0 cm³/mol. The Kier molecular flexibility index (Phi) is 4.01. The van der Waals surface area contributed by atoms with Crippen molar-refractivity contribution < 1.29 is 0 Å². The van der Waals surface area contributed by atoms with E-state index in [2.05, 4.69) is 22.7 Å². The molecule has 0 spiro atoms. The minimum atomic E-state index is 0.707. The molecule has 0 atom stereocenters. The lowest BCUT2D eigenvalue weighted by Crippen LogP contribution is -2.22. The largest absolute Gasteiger partial charge is 0.288 e. The van der Waals surface area contributed by atoms with E-state index in [4.69, 9.17) is 6.42 Å². The van der Waals surface area contributed by atoms with Crippen LogP contribution in [0.1, 0.15) is 12.5 Å². The van der Waals surface area contributed by atoms with Crippen LogP contribution < -0.4 is 0 Å². The van der Waals surface area contributed by atoms with Crippen molar-refractivity contribution in [2.45, 2.75) is 13.5 Å². The third-order valence-electron chi connectivity index (χ3n) is 1.92.